The van der Waals surface area contributed by atoms with Gasteiger partial charge in [-0.3, -0.25) is 9.78 Å². The van der Waals surface area contributed by atoms with E-state index in [1.54, 1.807) is 35.5 Å². The number of sulfonamides is 1. The van der Waals surface area contributed by atoms with E-state index in [2.05, 4.69) is 31.5 Å². The number of carbonyl (C=O) groups excluding carboxylic acids is 1. The summed E-state index contributed by atoms with van der Waals surface area (Å²) in [5.41, 5.74) is 4.33. The van der Waals surface area contributed by atoms with E-state index < -0.39 is 10.0 Å². The third kappa shape index (κ3) is 6.58. The predicted molar refractivity (Wildman–Crippen MR) is 183 cm³/mol. The average Bonchev–Trinajstić information content (AvgIpc) is 3.57. The molecule has 0 radical (unpaired) electrons. The highest BCUT2D eigenvalue weighted by Crippen LogP contribution is 2.33. The summed E-state index contributed by atoms with van der Waals surface area (Å²) in [6.45, 7) is 7.42. The maximum atomic E-state index is 14.5. The molecule has 12 heteroatoms. The van der Waals surface area contributed by atoms with Crippen LogP contribution in [0.4, 0.5) is 11.8 Å². The number of fused-ring (bicyclic) bond motifs is 4. The topological polar surface area (TPSA) is 131 Å². The number of aryl methyl sites for hydroxylation is 2. The third-order valence-electron chi connectivity index (χ3n) is 9.88. The van der Waals surface area contributed by atoms with Gasteiger partial charge >= 0.3 is 0 Å². The standard InChI is InChI=1S/C36H41N7O4S/c1-23-8-6-9-24(2)34(23)31-18-33-40-36(39-31)41-48(45,46)30-13-7-12-27(17-30)35(44)43(29(22-47-33)16-26-10-4-5-11-26)21-28-19-37-20-32(38-28)42-15-14-25(42)3/h6-9,12-13,17-20,25-26,29H,4-5,10-11,14-16,21-22H2,1-3H3,(H,39,40,41)/t25-,29-/m1/s1. The molecule has 1 N–H and O–H groups in total. The van der Waals surface area contributed by atoms with Crippen molar-refractivity contribution in [1.82, 2.24) is 24.8 Å². The molecule has 2 aliphatic heterocycles. The molecule has 1 saturated heterocycles. The van der Waals surface area contributed by atoms with Gasteiger partial charge in [0.1, 0.15) is 12.4 Å². The lowest BCUT2D eigenvalue weighted by atomic mass is 9.97. The normalized spacial score (nSPS) is 20.9. The Morgan fingerprint density at radius 2 is 1.73 bits per heavy atom. The van der Waals surface area contributed by atoms with E-state index >= 15 is 0 Å². The van der Waals surface area contributed by atoms with Crippen LogP contribution >= 0.6 is 0 Å². The number of nitrogens with one attached hydrogen (secondary N) is 1. The van der Waals surface area contributed by atoms with E-state index in [4.69, 9.17) is 9.72 Å². The smallest absolute Gasteiger partial charge is 0.264 e. The van der Waals surface area contributed by atoms with Gasteiger partial charge in [0, 0.05) is 29.8 Å². The minimum atomic E-state index is -4.16. The molecule has 2 atom stereocenters. The maximum Gasteiger partial charge on any atom is 0.264 e. The van der Waals surface area contributed by atoms with E-state index in [1.165, 1.54) is 12.1 Å². The second kappa shape index (κ2) is 13.1. The lowest BCUT2D eigenvalue weighted by Gasteiger charge is -2.39. The number of anilines is 2. The van der Waals surface area contributed by atoms with Crippen molar-refractivity contribution in [2.24, 2.45) is 5.92 Å². The SMILES string of the molecule is Cc1cccc(C)c1-c1cc2nc(n1)NS(=O)(=O)c1cccc(c1)C(=O)N(Cc1cncc(N3CC[C@H]3C)n1)[C@H](CC1CCCC1)CO2. The van der Waals surface area contributed by atoms with E-state index in [0.717, 1.165) is 67.6 Å². The first-order valence-corrected chi connectivity index (χ1v) is 18.2. The first-order valence-electron chi connectivity index (χ1n) is 16.7. The zero-order valence-electron chi connectivity index (χ0n) is 27.6. The number of ether oxygens (including phenoxy) is 1. The van der Waals surface area contributed by atoms with Gasteiger partial charge in [0.2, 0.25) is 11.8 Å². The van der Waals surface area contributed by atoms with E-state index in [-0.39, 0.29) is 47.4 Å². The van der Waals surface area contributed by atoms with Crippen LogP contribution in [0.3, 0.4) is 0 Å². The lowest BCUT2D eigenvalue weighted by Crippen LogP contribution is -2.46. The highest BCUT2D eigenvalue weighted by Gasteiger charge is 2.32. The molecule has 4 aromatic rings. The van der Waals surface area contributed by atoms with Gasteiger partial charge in [-0.1, -0.05) is 49.9 Å². The Morgan fingerprint density at radius 3 is 2.46 bits per heavy atom. The summed E-state index contributed by atoms with van der Waals surface area (Å²) < 4.78 is 36.4. The Bertz CT molecular complexity index is 1930. The van der Waals surface area contributed by atoms with Crippen molar-refractivity contribution in [1.29, 1.82) is 0 Å². The summed E-state index contributed by atoms with van der Waals surface area (Å²) in [6.07, 6.45) is 9.80. The molecule has 2 fully saturated rings. The average molecular weight is 668 g/mol. The second-order valence-electron chi connectivity index (χ2n) is 13.3. The third-order valence-corrected chi connectivity index (χ3v) is 11.2. The van der Waals surface area contributed by atoms with Crippen molar-refractivity contribution >= 4 is 27.7 Å². The van der Waals surface area contributed by atoms with Gasteiger partial charge in [0.15, 0.2) is 0 Å². The molecule has 2 aromatic heterocycles. The van der Waals surface area contributed by atoms with Crippen LogP contribution in [-0.2, 0) is 16.6 Å². The Morgan fingerprint density at radius 1 is 0.958 bits per heavy atom. The minimum absolute atomic E-state index is 0.0583. The highest BCUT2D eigenvalue weighted by atomic mass is 32.2. The van der Waals surface area contributed by atoms with Crippen molar-refractivity contribution in [3.05, 3.63) is 83.3 Å². The second-order valence-corrected chi connectivity index (χ2v) is 15.0. The van der Waals surface area contributed by atoms with Gasteiger partial charge in [-0.25, -0.2) is 23.1 Å². The summed E-state index contributed by atoms with van der Waals surface area (Å²) in [5.74, 6) is 1.06. The molecule has 0 unspecified atom stereocenters. The fourth-order valence-electron chi connectivity index (χ4n) is 7.14. The largest absolute Gasteiger partial charge is 0.475 e. The Balaban J connectivity index is 1.33. The molecular weight excluding hydrogens is 627 g/mol. The fourth-order valence-corrected chi connectivity index (χ4v) is 8.13. The quantitative estimate of drug-likeness (QED) is 0.266. The van der Waals surface area contributed by atoms with Crippen molar-refractivity contribution in [3.63, 3.8) is 0 Å². The minimum Gasteiger partial charge on any atom is -0.475 e. The molecule has 250 valence electrons. The van der Waals surface area contributed by atoms with Gasteiger partial charge in [-0.15, -0.1) is 0 Å². The Hall–Kier alpha value is -4.58. The van der Waals surface area contributed by atoms with Gasteiger partial charge in [0.25, 0.3) is 15.9 Å². The summed E-state index contributed by atoms with van der Waals surface area (Å²) in [4.78, 5) is 37.0. The van der Waals surface area contributed by atoms with E-state index in [0.29, 0.717) is 23.3 Å². The van der Waals surface area contributed by atoms with Crippen molar-refractivity contribution in [3.8, 4) is 17.1 Å². The Labute approximate surface area is 281 Å². The number of carbonyl (C=O) groups is 1. The van der Waals surface area contributed by atoms with Crippen LogP contribution in [-0.4, -0.2) is 64.4 Å². The molecule has 4 heterocycles. The number of aromatic nitrogens is 4. The van der Waals surface area contributed by atoms with Crippen LogP contribution in [0.25, 0.3) is 11.3 Å². The molecule has 1 saturated carbocycles. The van der Waals surface area contributed by atoms with Gasteiger partial charge in [-0.05, 0) is 68.9 Å². The molecular formula is C36H41N7O4S. The Kier molecular flexibility index (Phi) is 8.76. The molecule has 0 spiro atoms. The molecule has 48 heavy (non-hydrogen) atoms. The highest BCUT2D eigenvalue weighted by molar-refractivity contribution is 7.92. The monoisotopic (exact) mass is 667 g/mol. The first kappa shape index (κ1) is 32.0. The van der Waals surface area contributed by atoms with Crippen LogP contribution in [0.5, 0.6) is 5.88 Å². The van der Waals surface area contributed by atoms with Crippen LogP contribution < -0.4 is 14.4 Å². The first-order chi connectivity index (χ1) is 23.1. The van der Waals surface area contributed by atoms with Crippen LogP contribution in [0.2, 0.25) is 0 Å². The molecule has 1 aliphatic carbocycles. The summed E-state index contributed by atoms with van der Waals surface area (Å²) in [5, 5.41) is 0. The van der Waals surface area contributed by atoms with Crippen molar-refractivity contribution in [2.45, 2.75) is 82.8 Å². The van der Waals surface area contributed by atoms with Crippen molar-refractivity contribution in [2.75, 3.05) is 22.8 Å². The summed E-state index contributed by atoms with van der Waals surface area (Å²) >= 11 is 0. The number of hydrogen-bond donors (Lipinski definition) is 1. The molecule has 11 nitrogen and oxygen atoms in total. The fraction of sp³-hybridized carbons (Fsp3) is 0.417. The molecule has 7 rings (SSSR count). The van der Waals surface area contributed by atoms with E-state index in [9.17, 15) is 13.2 Å². The number of amides is 1. The summed E-state index contributed by atoms with van der Waals surface area (Å²) in [6, 6.07) is 13.9. The molecule has 3 aliphatic rings. The zero-order chi connectivity index (χ0) is 33.4. The lowest BCUT2D eigenvalue weighted by molar-refractivity contribution is 0.0541. The van der Waals surface area contributed by atoms with Gasteiger partial charge in [0.05, 0.1) is 41.3 Å². The zero-order valence-corrected chi connectivity index (χ0v) is 28.4. The van der Waals surface area contributed by atoms with E-state index in [1.807, 2.05) is 32.0 Å². The van der Waals surface area contributed by atoms with Crippen LogP contribution in [0, 0.1) is 19.8 Å². The van der Waals surface area contributed by atoms with Gasteiger partial charge < -0.3 is 14.5 Å². The predicted octanol–water partition coefficient (Wildman–Crippen LogP) is 5.93. The molecule has 2 aromatic carbocycles. The van der Waals surface area contributed by atoms with Crippen molar-refractivity contribution < 1.29 is 17.9 Å². The maximum absolute atomic E-state index is 14.5. The van der Waals surface area contributed by atoms with Crippen LogP contribution in [0.1, 0.15) is 72.6 Å². The van der Waals surface area contributed by atoms with Crippen LogP contribution in [0.15, 0.2) is 65.8 Å². The molecule has 1 amide bonds. The summed E-state index contributed by atoms with van der Waals surface area (Å²) in [7, 11) is -4.16. The number of benzene rings is 2. The van der Waals surface area contributed by atoms with Gasteiger partial charge in [-0.2, -0.15) is 4.98 Å². The number of rotatable bonds is 6. The molecule has 4 bridgehead atoms. The number of hydrogen-bond acceptors (Lipinski definition) is 9. The number of nitrogens with zero attached hydrogens (tertiary/aromatic N) is 6.